The van der Waals surface area contributed by atoms with E-state index >= 15 is 0 Å². The number of hydrogen-bond acceptors (Lipinski definition) is 4. The number of benzene rings is 1. The van der Waals surface area contributed by atoms with Crippen LogP contribution in [-0.2, 0) is 19.4 Å². The molecule has 0 fully saturated rings. The lowest BCUT2D eigenvalue weighted by atomic mass is 10.0. The Bertz CT molecular complexity index is 466. The molecule has 94 valence electrons. The summed E-state index contributed by atoms with van der Waals surface area (Å²) in [5, 5.41) is 2.33. The van der Waals surface area contributed by atoms with Crippen molar-refractivity contribution in [3.05, 3.63) is 52.0 Å². The molecule has 18 heavy (non-hydrogen) atoms. The summed E-state index contributed by atoms with van der Waals surface area (Å²) >= 11 is 1.70. The number of aromatic nitrogens is 1. The third kappa shape index (κ3) is 2.77. The van der Waals surface area contributed by atoms with Crippen LogP contribution in [0, 0.1) is 0 Å². The third-order valence-electron chi connectivity index (χ3n) is 3.38. The van der Waals surface area contributed by atoms with Crippen molar-refractivity contribution in [2.75, 3.05) is 13.1 Å². The molecule has 0 atom stereocenters. The first-order valence-electron chi connectivity index (χ1n) is 6.34. The van der Waals surface area contributed by atoms with Crippen LogP contribution in [0.1, 0.15) is 16.0 Å². The molecule has 2 aromatic rings. The maximum Gasteiger partial charge on any atom is 0.0794 e. The summed E-state index contributed by atoms with van der Waals surface area (Å²) in [6, 6.07) is 8.78. The van der Waals surface area contributed by atoms with Crippen molar-refractivity contribution >= 4 is 11.3 Å². The Balaban J connectivity index is 1.58. The molecule has 1 N–H and O–H groups in total. The van der Waals surface area contributed by atoms with Crippen LogP contribution >= 0.6 is 11.3 Å². The Labute approximate surface area is 111 Å². The van der Waals surface area contributed by atoms with Crippen molar-refractivity contribution in [2.24, 2.45) is 0 Å². The molecular formula is C14H17N3S. The first kappa shape index (κ1) is 11.8. The maximum absolute atomic E-state index is 4.10. The molecule has 0 saturated heterocycles. The van der Waals surface area contributed by atoms with Gasteiger partial charge in [-0.1, -0.05) is 24.3 Å². The minimum absolute atomic E-state index is 0.890. The molecule has 4 heteroatoms. The first-order chi connectivity index (χ1) is 8.92. The number of nitrogens with zero attached hydrogens (tertiary/aromatic N) is 2. The van der Waals surface area contributed by atoms with Crippen molar-refractivity contribution in [1.82, 2.24) is 15.4 Å². The van der Waals surface area contributed by atoms with Gasteiger partial charge in [-0.25, -0.2) is 10.4 Å². The maximum atomic E-state index is 4.10. The van der Waals surface area contributed by atoms with E-state index in [0.717, 1.165) is 32.5 Å². The molecule has 3 nitrogen and oxygen atoms in total. The second-order valence-corrected chi connectivity index (χ2v) is 5.53. The zero-order valence-electron chi connectivity index (χ0n) is 10.3. The molecule has 0 radical (unpaired) electrons. The highest BCUT2D eigenvalue weighted by Gasteiger charge is 2.12. The molecule has 2 heterocycles. The number of rotatable bonds is 3. The monoisotopic (exact) mass is 259 g/mol. The van der Waals surface area contributed by atoms with Gasteiger partial charge in [0, 0.05) is 30.7 Å². The van der Waals surface area contributed by atoms with Crippen LogP contribution in [0.3, 0.4) is 0 Å². The topological polar surface area (TPSA) is 28.2 Å². The van der Waals surface area contributed by atoms with E-state index in [4.69, 9.17) is 0 Å². The van der Waals surface area contributed by atoms with Crippen LogP contribution in [0.4, 0.5) is 0 Å². The van der Waals surface area contributed by atoms with E-state index < -0.39 is 0 Å². The number of nitrogens with one attached hydrogen (secondary N) is 1. The van der Waals surface area contributed by atoms with Gasteiger partial charge in [0.1, 0.15) is 0 Å². The predicted octanol–water partition coefficient (Wildman–Crippen LogP) is 2.25. The Hall–Kier alpha value is -1.23. The molecule has 1 aromatic carbocycles. The molecule has 0 spiro atoms. The molecule has 0 aliphatic carbocycles. The van der Waals surface area contributed by atoms with Crippen LogP contribution in [0.5, 0.6) is 0 Å². The van der Waals surface area contributed by atoms with Gasteiger partial charge in [0.25, 0.3) is 0 Å². The van der Waals surface area contributed by atoms with E-state index in [9.17, 15) is 0 Å². The summed E-state index contributed by atoms with van der Waals surface area (Å²) in [6.45, 7) is 3.05. The van der Waals surface area contributed by atoms with Crippen molar-refractivity contribution < 1.29 is 0 Å². The van der Waals surface area contributed by atoms with Crippen LogP contribution < -0.4 is 5.43 Å². The van der Waals surface area contributed by atoms with Gasteiger partial charge in [-0.2, -0.15) is 0 Å². The average Bonchev–Trinajstić information content (AvgIpc) is 2.84. The van der Waals surface area contributed by atoms with Gasteiger partial charge >= 0.3 is 0 Å². The second-order valence-electron chi connectivity index (χ2n) is 4.56. The fourth-order valence-corrected chi connectivity index (χ4v) is 2.87. The SMILES string of the molecule is c1ccc2c(c1)CCN(NCc1cncs1)CC2. The van der Waals surface area contributed by atoms with E-state index in [-0.39, 0.29) is 0 Å². The number of hydrazine groups is 1. The highest BCUT2D eigenvalue weighted by atomic mass is 32.1. The normalized spacial score (nSPS) is 16.2. The summed E-state index contributed by atoms with van der Waals surface area (Å²) in [4.78, 5) is 5.39. The molecule has 1 aliphatic heterocycles. The smallest absolute Gasteiger partial charge is 0.0794 e. The zero-order chi connectivity index (χ0) is 12.2. The summed E-state index contributed by atoms with van der Waals surface area (Å²) in [7, 11) is 0. The quantitative estimate of drug-likeness (QED) is 0.916. The van der Waals surface area contributed by atoms with E-state index in [2.05, 4.69) is 39.7 Å². The minimum Gasteiger partial charge on any atom is -0.253 e. The summed E-state index contributed by atoms with van der Waals surface area (Å²) in [5.74, 6) is 0. The van der Waals surface area contributed by atoms with Gasteiger partial charge in [0.2, 0.25) is 0 Å². The highest BCUT2D eigenvalue weighted by Crippen LogP contribution is 2.14. The molecule has 0 bridgehead atoms. The Morgan fingerprint density at radius 1 is 1.17 bits per heavy atom. The number of thiazole rings is 1. The van der Waals surface area contributed by atoms with Crippen molar-refractivity contribution in [3.8, 4) is 0 Å². The van der Waals surface area contributed by atoms with E-state index in [1.54, 1.807) is 11.3 Å². The number of hydrogen-bond donors (Lipinski definition) is 1. The second kappa shape index (κ2) is 5.61. The fourth-order valence-electron chi connectivity index (χ4n) is 2.35. The molecule has 0 saturated carbocycles. The fraction of sp³-hybridized carbons (Fsp3) is 0.357. The molecular weight excluding hydrogens is 242 g/mol. The predicted molar refractivity (Wildman–Crippen MR) is 74.4 cm³/mol. The molecule has 3 rings (SSSR count). The largest absolute Gasteiger partial charge is 0.253 e. The van der Waals surface area contributed by atoms with Gasteiger partial charge in [0.15, 0.2) is 0 Å². The minimum atomic E-state index is 0.890. The van der Waals surface area contributed by atoms with E-state index in [1.807, 2.05) is 11.7 Å². The van der Waals surface area contributed by atoms with Gasteiger partial charge < -0.3 is 0 Å². The Kier molecular flexibility index (Phi) is 3.69. The highest BCUT2D eigenvalue weighted by molar-refractivity contribution is 7.09. The van der Waals surface area contributed by atoms with Crippen LogP contribution in [0.2, 0.25) is 0 Å². The zero-order valence-corrected chi connectivity index (χ0v) is 11.1. The lowest BCUT2D eigenvalue weighted by molar-refractivity contribution is 0.194. The van der Waals surface area contributed by atoms with Gasteiger partial charge in [-0.05, 0) is 24.0 Å². The van der Waals surface area contributed by atoms with E-state index in [1.165, 1.54) is 16.0 Å². The van der Waals surface area contributed by atoms with Crippen LogP contribution in [0.25, 0.3) is 0 Å². The van der Waals surface area contributed by atoms with Crippen molar-refractivity contribution in [3.63, 3.8) is 0 Å². The molecule has 0 amide bonds. The van der Waals surface area contributed by atoms with Gasteiger partial charge in [0.05, 0.1) is 5.51 Å². The average molecular weight is 259 g/mol. The summed E-state index contributed by atoms with van der Waals surface area (Å²) in [5.41, 5.74) is 8.39. The van der Waals surface area contributed by atoms with Crippen molar-refractivity contribution in [1.29, 1.82) is 0 Å². The lowest BCUT2D eigenvalue weighted by Crippen LogP contribution is -2.39. The van der Waals surface area contributed by atoms with Crippen LogP contribution in [0.15, 0.2) is 36.0 Å². The van der Waals surface area contributed by atoms with E-state index in [0.29, 0.717) is 0 Å². The van der Waals surface area contributed by atoms with Crippen LogP contribution in [-0.4, -0.2) is 23.1 Å². The third-order valence-corrected chi connectivity index (χ3v) is 4.16. The lowest BCUT2D eigenvalue weighted by Gasteiger charge is -2.20. The molecule has 0 unspecified atom stereocenters. The Morgan fingerprint density at radius 3 is 2.50 bits per heavy atom. The Morgan fingerprint density at radius 2 is 1.89 bits per heavy atom. The molecule has 1 aromatic heterocycles. The summed E-state index contributed by atoms with van der Waals surface area (Å²) < 4.78 is 0. The van der Waals surface area contributed by atoms with Gasteiger partial charge in [-0.3, -0.25) is 4.98 Å². The standard InChI is InChI=1S/C14H17N3S/c1-2-4-13-6-8-17(7-5-12(13)3-1)16-10-14-9-15-11-18-14/h1-4,9,11,16H,5-8,10H2. The number of fused-ring (bicyclic) bond motifs is 1. The van der Waals surface area contributed by atoms with Crippen molar-refractivity contribution in [2.45, 2.75) is 19.4 Å². The first-order valence-corrected chi connectivity index (χ1v) is 7.22. The van der Waals surface area contributed by atoms with Gasteiger partial charge in [-0.15, -0.1) is 11.3 Å². The molecule has 1 aliphatic rings. The summed E-state index contributed by atoms with van der Waals surface area (Å²) in [6.07, 6.45) is 4.20.